The summed E-state index contributed by atoms with van der Waals surface area (Å²) < 4.78 is 3.29. The second kappa shape index (κ2) is 6.89. The first-order chi connectivity index (χ1) is 9.17. The Morgan fingerprint density at radius 3 is 2.84 bits per heavy atom. The summed E-state index contributed by atoms with van der Waals surface area (Å²) in [6.07, 6.45) is 7.16. The standard InChI is InChI=1S/C15H26BrN3/c1-4-8-17-14(12-7-6-11(3)9-12)15-13(16)10-18-19(15)5-2/h10-12,14,17H,4-9H2,1-3H3. The number of nitrogens with one attached hydrogen (secondary N) is 1. The van der Waals surface area contributed by atoms with Crippen LogP contribution in [0.5, 0.6) is 0 Å². The lowest BCUT2D eigenvalue weighted by molar-refractivity contribution is 0.338. The quantitative estimate of drug-likeness (QED) is 0.850. The van der Waals surface area contributed by atoms with E-state index >= 15 is 0 Å². The summed E-state index contributed by atoms with van der Waals surface area (Å²) in [4.78, 5) is 0. The second-order valence-corrected chi connectivity index (χ2v) is 6.66. The van der Waals surface area contributed by atoms with Crippen molar-refractivity contribution in [3.8, 4) is 0 Å². The van der Waals surface area contributed by atoms with Crippen LogP contribution in [0.4, 0.5) is 0 Å². The normalized spacial score (nSPS) is 24.8. The van der Waals surface area contributed by atoms with Gasteiger partial charge in [-0.15, -0.1) is 0 Å². The Balaban J connectivity index is 2.23. The molecular weight excluding hydrogens is 302 g/mol. The number of aromatic nitrogens is 2. The monoisotopic (exact) mass is 327 g/mol. The zero-order chi connectivity index (χ0) is 13.8. The van der Waals surface area contributed by atoms with Crippen molar-refractivity contribution in [2.45, 2.75) is 59.0 Å². The van der Waals surface area contributed by atoms with Crippen molar-refractivity contribution in [1.29, 1.82) is 0 Å². The van der Waals surface area contributed by atoms with Crippen LogP contribution in [0.15, 0.2) is 10.7 Å². The number of halogens is 1. The third-order valence-electron chi connectivity index (χ3n) is 4.25. The van der Waals surface area contributed by atoms with E-state index in [9.17, 15) is 0 Å². The van der Waals surface area contributed by atoms with E-state index in [1.807, 2.05) is 6.20 Å². The molecule has 1 aromatic rings. The van der Waals surface area contributed by atoms with Gasteiger partial charge in [-0.1, -0.05) is 20.3 Å². The van der Waals surface area contributed by atoms with Crippen molar-refractivity contribution < 1.29 is 0 Å². The summed E-state index contributed by atoms with van der Waals surface area (Å²) in [7, 11) is 0. The summed E-state index contributed by atoms with van der Waals surface area (Å²) in [5, 5.41) is 8.24. The zero-order valence-electron chi connectivity index (χ0n) is 12.3. The molecule has 3 unspecified atom stereocenters. The van der Waals surface area contributed by atoms with E-state index in [4.69, 9.17) is 0 Å². The third kappa shape index (κ3) is 3.40. The molecule has 0 amide bonds. The van der Waals surface area contributed by atoms with Crippen LogP contribution < -0.4 is 5.32 Å². The molecule has 1 aliphatic carbocycles. The summed E-state index contributed by atoms with van der Waals surface area (Å²) in [6, 6.07) is 0.446. The molecule has 1 aliphatic rings. The largest absolute Gasteiger partial charge is 0.308 e. The van der Waals surface area contributed by atoms with Gasteiger partial charge in [0.1, 0.15) is 0 Å². The first kappa shape index (κ1) is 15.0. The first-order valence-electron chi connectivity index (χ1n) is 7.61. The maximum absolute atomic E-state index is 4.48. The van der Waals surface area contributed by atoms with Crippen molar-refractivity contribution >= 4 is 15.9 Å². The lowest BCUT2D eigenvalue weighted by Gasteiger charge is -2.26. The van der Waals surface area contributed by atoms with E-state index in [2.05, 4.69) is 51.8 Å². The molecule has 0 saturated heterocycles. The van der Waals surface area contributed by atoms with Crippen molar-refractivity contribution in [2.24, 2.45) is 11.8 Å². The Morgan fingerprint density at radius 2 is 2.26 bits per heavy atom. The second-order valence-electron chi connectivity index (χ2n) is 5.80. The molecule has 0 bridgehead atoms. The predicted molar refractivity (Wildman–Crippen MR) is 83.1 cm³/mol. The molecule has 2 rings (SSSR count). The Labute approximate surface area is 125 Å². The van der Waals surface area contributed by atoms with Gasteiger partial charge in [-0.05, 0) is 60.5 Å². The fourth-order valence-electron chi connectivity index (χ4n) is 3.27. The van der Waals surface area contributed by atoms with Gasteiger partial charge in [0.2, 0.25) is 0 Å². The predicted octanol–water partition coefficient (Wildman–Crippen LogP) is 4.14. The Bertz CT molecular complexity index is 402. The average molecular weight is 328 g/mol. The van der Waals surface area contributed by atoms with Crippen LogP contribution in [0.2, 0.25) is 0 Å². The minimum atomic E-state index is 0.446. The van der Waals surface area contributed by atoms with Gasteiger partial charge >= 0.3 is 0 Å². The summed E-state index contributed by atoms with van der Waals surface area (Å²) in [6.45, 7) is 8.79. The molecule has 1 N–H and O–H groups in total. The minimum Gasteiger partial charge on any atom is -0.308 e. The number of rotatable bonds is 6. The number of hydrogen-bond acceptors (Lipinski definition) is 2. The molecule has 4 heteroatoms. The van der Waals surface area contributed by atoms with E-state index < -0.39 is 0 Å². The van der Waals surface area contributed by atoms with Gasteiger partial charge in [0.15, 0.2) is 0 Å². The number of aryl methyl sites for hydroxylation is 1. The van der Waals surface area contributed by atoms with Crippen molar-refractivity contribution in [3.05, 3.63) is 16.4 Å². The molecule has 0 spiro atoms. The van der Waals surface area contributed by atoms with Crippen molar-refractivity contribution in [1.82, 2.24) is 15.1 Å². The smallest absolute Gasteiger partial charge is 0.0698 e. The van der Waals surface area contributed by atoms with E-state index in [-0.39, 0.29) is 0 Å². The molecule has 1 aromatic heterocycles. The highest BCUT2D eigenvalue weighted by atomic mass is 79.9. The molecular formula is C15H26BrN3. The molecule has 3 nitrogen and oxygen atoms in total. The number of hydrogen-bond donors (Lipinski definition) is 1. The SMILES string of the molecule is CCCNC(c1c(Br)cnn1CC)C1CCC(C)C1. The molecule has 0 aliphatic heterocycles. The molecule has 108 valence electrons. The third-order valence-corrected chi connectivity index (χ3v) is 4.86. The first-order valence-corrected chi connectivity index (χ1v) is 8.41. The van der Waals surface area contributed by atoms with Crippen LogP contribution in [-0.4, -0.2) is 16.3 Å². The van der Waals surface area contributed by atoms with Gasteiger partial charge in [0.25, 0.3) is 0 Å². The molecule has 0 aromatic carbocycles. The fraction of sp³-hybridized carbons (Fsp3) is 0.800. The number of nitrogens with zero attached hydrogens (tertiary/aromatic N) is 2. The van der Waals surface area contributed by atoms with Crippen LogP contribution in [0.1, 0.15) is 58.2 Å². The maximum atomic E-state index is 4.48. The maximum Gasteiger partial charge on any atom is 0.0698 e. The molecule has 1 saturated carbocycles. The fourth-order valence-corrected chi connectivity index (χ4v) is 3.82. The minimum absolute atomic E-state index is 0.446. The van der Waals surface area contributed by atoms with Gasteiger partial charge in [0.05, 0.1) is 22.4 Å². The molecule has 0 radical (unpaired) electrons. The van der Waals surface area contributed by atoms with Crippen LogP contribution in [0, 0.1) is 11.8 Å². The molecule has 1 fully saturated rings. The topological polar surface area (TPSA) is 29.9 Å². The summed E-state index contributed by atoms with van der Waals surface area (Å²) >= 11 is 3.69. The van der Waals surface area contributed by atoms with Crippen molar-refractivity contribution in [2.75, 3.05) is 6.54 Å². The highest BCUT2D eigenvalue weighted by Crippen LogP contribution is 2.40. The molecule has 1 heterocycles. The van der Waals surface area contributed by atoms with E-state index in [1.54, 1.807) is 0 Å². The molecule has 19 heavy (non-hydrogen) atoms. The summed E-state index contributed by atoms with van der Waals surface area (Å²) in [5.41, 5.74) is 1.34. The molecule has 3 atom stereocenters. The lowest BCUT2D eigenvalue weighted by Crippen LogP contribution is -2.30. The van der Waals surface area contributed by atoms with Crippen LogP contribution in [0.3, 0.4) is 0 Å². The van der Waals surface area contributed by atoms with E-state index in [0.717, 1.165) is 29.4 Å². The Hall–Kier alpha value is -0.350. The lowest BCUT2D eigenvalue weighted by atomic mass is 9.94. The van der Waals surface area contributed by atoms with Crippen molar-refractivity contribution in [3.63, 3.8) is 0 Å². The highest BCUT2D eigenvalue weighted by Gasteiger charge is 2.32. The Kier molecular flexibility index (Phi) is 5.46. The summed E-state index contributed by atoms with van der Waals surface area (Å²) in [5.74, 6) is 1.62. The Morgan fingerprint density at radius 1 is 1.47 bits per heavy atom. The average Bonchev–Trinajstić information content (AvgIpc) is 2.98. The zero-order valence-corrected chi connectivity index (χ0v) is 13.9. The van der Waals surface area contributed by atoms with Crippen LogP contribution >= 0.6 is 15.9 Å². The van der Waals surface area contributed by atoms with E-state index in [0.29, 0.717) is 6.04 Å². The van der Waals surface area contributed by atoms with E-state index in [1.165, 1.54) is 31.4 Å². The highest BCUT2D eigenvalue weighted by molar-refractivity contribution is 9.10. The van der Waals surface area contributed by atoms with Gasteiger partial charge in [-0.3, -0.25) is 4.68 Å². The van der Waals surface area contributed by atoms with Gasteiger partial charge < -0.3 is 5.32 Å². The van der Waals surface area contributed by atoms with Crippen LogP contribution in [-0.2, 0) is 6.54 Å². The van der Waals surface area contributed by atoms with Gasteiger partial charge in [-0.2, -0.15) is 5.10 Å². The van der Waals surface area contributed by atoms with Gasteiger partial charge in [0, 0.05) is 6.54 Å². The van der Waals surface area contributed by atoms with Gasteiger partial charge in [-0.25, -0.2) is 0 Å². The van der Waals surface area contributed by atoms with Crippen LogP contribution in [0.25, 0.3) is 0 Å².